The van der Waals surface area contributed by atoms with Crippen molar-refractivity contribution in [1.82, 2.24) is 15.3 Å². The minimum Gasteiger partial charge on any atom is -0.372 e. The van der Waals surface area contributed by atoms with Crippen molar-refractivity contribution in [1.29, 1.82) is 0 Å². The molecule has 0 fully saturated rings. The average Bonchev–Trinajstić information content (AvgIpc) is 2.48. The Bertz CT molecular complexity index is 589. The van der Waals surface area contributed by atoms with E-state index in [9.17, 15) is 4.79 Å². The highest BCUT2D eigenvalue weighted by molar-refractivity contribution is 9.10. The van der Waals surface area contributed by atoms with Crippen molar-refractivity contribution in [2.45, 2.75) is 6.42 Å². The van der Waals surface area contributed by atoms with Crippen molar-refractivity contribution in [2.24, 2.45) is 0 Å². The first kappa shape index (κ1) is 14.5. The number of nitrogens with zero attached hydrogens (tertiary/aromatic N) is 2. The Labute approximate surface area is 126 Å². The number of aromatic nitrogens is 2. The summed E-state index contributed by atoms with van der Waals surface area (Å²) in [5.41, 5.74) is 1.47. The number of pyridine rings is 2. The Morgan fingerprint density at radius 1 is 1.35 bits per heavy atom. The van der Waals surface area contributed by atoms with E-state index in [1.54, 1.807) is 25.5 Å². The van der Waals surface area contributed by atoms with Gasteiger partial charge in [0.2, 0.25) is 0 Å². The summed E-state index contributed by atoms with van der Waals surface area (Å²) < 4.78 is 0.770. The Morgan fingerprint density at radius 2 is 2.20 bits per heavy atom. The maximum atomic E-state index is 12.1. The van der Waals surface area contributed by atoms with Crippen molar-refractivity contribution in [3.05, 3.63) is 52.4 Å². The predicted molar refractivity (Wildman–Crippen MR) is 81.8 cm³/mol. The molecule has 1 amide bonds. The van der Waals surface area contributed by atoms with Crippen molar-refractivity contribution < 1.29 is 4.79 Å². The molecule has 0 saturated heterocycles. The molecule has 0 spiro atoms. The van der Waals surface area contributed by atoms with Gasteiger partial charge in [0.25, 0.3) is 5.91 Å². The van der Waals surface area contributed by atoms with Crippen LogP contribution in [0.15, 0.2) is 41.1 Å². The van der Waals surface area contributed by atoms with Crippen LogP contribution in [0.2, 0.25) is 0 Å². The second kappa shape index (κ2) is 7.00. The summed E-state index contributed by atoms with van der Waals surface area (Å²) in [6, 6.07) is 7.48. The average molecular weight is 335 g/mol. The van der Waals surface area contributed by atoms with E-state index in [2.05, 4.69) is 36.5 Å². The molecule has 0 aliphatic rings. The van der Waals surface area contributed by atoms with Crippen LogP contribution in [0.5, 0.6) is 0 Å². The first-order valence-electron chi connectivity index (χ1n) is 6.22. The molecule has 2 aromatic rings. The van der Waals surface area contributed by atoms with Crippen molar-refractivity contribution >= 4 is 27.7 Å². The molecule has 2 heterocycles. The van der Waals surface area contributed by atoms with E-state index in [1.807, 2.05) is 18.2 Å². The number of anilines is 1. The number of hydrogen-bond acceptors (Lipinski definition) is 4. The number of halogens is 1. The van der Waals surface area contributed by atoms with E-state index < -0.39 is 0 Å². The standard InChI is InChI=1S/C14H15BrN4O/c1-16-13-12(8-10(15)9-19-13)14(20)18-7-5-11-4-2-3-6-17-11/h2-4,6,8-9H,5,7H2,1H3,(H,16,19)(H,18,20). The molecule has 0 radical (unpaired) electrons. The van der Waals surface area contributed by atoms with Gasteiger partial charge in [-0.1, -0.05) is 6.07 Å². The van der Waals surface area contributed by atoms with Crippen molar-refractivity contribution in [3.63, 3.8) is 0 Å². The summed E-state index contributed by atoms with van der Waals surface area (Å²) in [7, 11) is 1.74. The van der Waals surface area contributed by atoms with Crippen LogP contribution in [-0.2, 0) is 6.42 Å². The number of rotatable bonds is 5. The molecule has 0 unspecified atom stereocenters. The molecule has 0 aromatic carbocycles. The lowest BCUT2D eigenvalue weighted by Gasteiger charge is -2.09. The van der Waals surface area contributed by atoms with Crippen LogP contribution < -0.4 is 10.6 Å². The van der Waals surface area contributed by atoms with Gasteiger partial charge in [0, 0.05) is 42.6 Å². The molecule has 0 saturated carbocycles. The largest absolute Gasteiger partial charge is 0.372 e. The van der Waals surface area contributed by atoms with Crippen LogP contribution >= 0.6 is 15.9 Å². The summed E-state index contributed by atoms with van der Waals surface area (Å²) in [4.78, 5) is 20.5. The molecular formula is C14H15BrN4O. The Kier molecular flexibility index (Phi) is 5.06. The van der Waals surface area contributed by atoms with Crippen molar-refractivity contribution in [2.75, 3.05) is 18.9 Å². The zero-order valence-electron chi connectivity index (χ0n) is 11.1. The Balaban J connectivity index is 1.97. The van der Waals surface area contributed by atoms with E-state index in [4.69, 9.17) is 0 Å². The third-order valence-electron chi connectivity index (χ3n) is 2.73. The maximum Gasteiger partial charge on any atom is 0.255 e. The van der Waals surface area contributed by atoms with Gasteiger partial charge in [0.1, 0.15) is 5.82 Å². The lowest BCUT2D eigenvalue weighted by molar-refractivity contribution is 0.0954. The Morgan fingerprint density at radius 3 is 2.90 bits per heavy atom. The van der Waals surface area contributed by atoms with Crippen LogP contribution in [0, 0.1) is 0 Å². The van der Waals surface area contributed by atoms with Gasteiger partial charge in [-0.2, -0.15) is 0 Å². The van der Waals surface area contributed by atoms with Gasteiger partial charge in [-0.05, 0) is 34.1 Å². The maximum absolute atomic E-state index is 12.1. The molecule has 0 atom stereocenters. The second-order valence-corrected chi connectivity index (χ2v) is 5.04. The molecular weight excluding hydrogens is 320 g/mol. The molecule has 0 aliphatic carbocycles. The van der Waals surface area contributed by atoms with Crippen LogP contribution in [0.3, 0.4) is 0 Å². The third kappa shape index (κ3) is 3.77. The molecule has 2 rings (SSSR count). The van der Waals surface area contributed by atoms with Gasteiger partial charge in [-0.15, -0.1) is 0 Å². The van der Waals surface area contributed by atoms with Gasteiger partial charge in [0.15, 0.2) is 0 Å². The van der Waals surface area contributed by atoms with Gasteiger partial charge in [-0.3, -0.25) is 9.78 Å². The first-order chi connectivity index (χ1) is 9.70. The SMILES string of the molecule is CNc1ncc(Br)cc1C(=O)NCCc1ccccn1. The van der Waals surface area contributed by atoms with E-state index in [0.29, 0.717) is 24.3 Å². The monoisotopic (exact) mass is 334 g/mol. The third-order valence-corrected chi connectivity index (χ3v) is 3.16. The van der Waals surface area contributed by atoms with Gasteiger partial charge in [0.05, 0.1) is 5.56 Å². The number of carbonyl (C=O) groups is 1. The summed E-state index contributed by atoms with van der Waals surface area (Å²) in [6.45, 7) is 0.533. The summed E-state index contributed by atoms with van der Waals surface area (Å²) in [5, 5.41) is 5.78. The van der Waals surface area contributed by atoms with E-state index in [0.717, 1.165) is 10.2 Å². The van der Waals surface area contributed by atoms with Crippen LogP contribution in [0.4, 0.5) is 5.82 Å². The second-order valence-electron chi connectivity index (χ2n) is 4.13. The molecule has 20 heavy (non-hydrogen) atoms. The summed E-state index contributed by atoms with van der Waals surface area (Å²) >= 11 is 3.32. The van der Waals surface area contributed by atoms with Crippen LogP contribution in [-0.4, -0.2) is 29.5 Å². The molecule has 0 bridgehead atoms. The van der Waals surface area contributed by atoms with E-state index in [1.165, 1.54) is 0 Å². The fourth-order valence-corrected chi connectivity index (χ4v) is 2.09. The lowest BCUT2D eigenvalue weighted by atomic mass is 10.2. The van der Waals surface area contributed by atoms with Gasteiger partial charge < -0.3 is 10.6 Å². The quantitative estimate of drug-likeness (QED) is 0.880. The highest BCUT2D eigenvalue weighted by Gasteiger charge is 2.12. The summed E-state index contributed by atoms with van der Waals surface area (Å²) in [5.74, 6) is 0.405. The number of amides is 1. The fourth-order valence-electron chi connectivity index (χ4n) is 1.76. The lowest BCUT2D eigenvalue weighted by Crippen LogP contribution is -2.27. The van der Waals surface area contributed by atoms with E-state index in [-0.39, 0.29) is 5.91 Å². The fraction of sp³-hybridized carbons (Fsp3) is 0.214. The Hall–Kier alpha value is -1.95. The molecule has 2 N–H and O–H groups in total. The zero-order valence-corrected chi connectivity index (χ0v) is 12.6. The number of hydrogen-bond donors (Lipinski definition) is 2. The predicted octanol–water partition coefficient (Wildman–Crippen LogP) is 2.25. The molecule has 5 nitrogen and oxygen atoms in total. The molecule has 0 aliphatic heterocycles. The number of carbonyl (C=O) groups excluding carboxylic acids is 1. The highest BCUT2D eigenvalue weighted by atomic mass is 79.9. The van der Waals surface area contributed by atoms with Gasteiger partial charge >= 0.3 is 0 Å². The minimum atomic E-state index is -0.154. The topological polar surface area (TPSA) is 66.9 Å². The van der Waals surface area contributed by atoms with Gasteiger partial charge in [-0.25, -0.2) is 4.98 Å². The first-order valence-corrected chi connectivity index (χ1v) is 7.01. The minimum absolute atomic E-state index is 0.154. The van der Waals surface area contributed by atoms with Crippen LogP contribution in [0.25, 0.3) is 0 Å². The van der Waals surface area contributed by atoms with E-state index >= 15 is 0 Å². The number of nitrogens with one attached hydrogen (secondary N) is 2. The molecule has 6 heteroatoms. The van der Waals surface area contributed by atoms with Crippen molar-refractivity contribution in [3.8, 4) is 0 Å². The normalized spacial score (nSPS) is 10.1. The summed E-state index contributed by atoms with van der Waals surface area (Å²) in [6.07, 6.45) is 4.09. The molecule has 104 valence electrons. The highest BCUT2D eigenvalue weighted by Crippen LogP contribution is 2.17. The zero-order chi connectivity index (χ0) is 14.4. The smallest absolute Gasteiger partial charge is 0.255 e. The molecule has 2 aromatic heterocycles. The van der Waals surface area contributed by atoms with Crippen LogP contribution in [0.1, 0.15) is 16.1 Å².